The second kappa shape index (κ2) is 8.33. The normalized spacial score (nSPS) is 18.5. The highest BCUT2D eigenvalue weighted by Gasteiger charge is 2.23. The molecule has 1 saturated heterocycles. The Bertz CT molecular complexity index is 788. The molecular weight excluding hydrogens is 358 g/mol. The quantitative estimate of drug-likeness (QED) is 0.801. The van der Waals surface area contributed by atoms with E-state index in [1.807, 2.05) is 36.4 Å². The number of hydrogen-bond donors (Lipinski definition) is 1. The maximum absolute atomic E-state index is 12.3. The van der Waals surface area contributed by atoms with Crippen LogP contribution >= 0.6 is 11.9 Å². The maximum atomic E-state index is 12.3. The first-order valence-electron chi connectivity index (χ1n) is 9.50. The van der Waals surface area contributed by atoms with Gasteiger partial charge in [-0.15, -0.1) is 0 Å². The second-order valence-corrected chi connectivity index (χ2v) is 8.21. The Hall–Kier alpha value is -2.02. The van der Waals surface area contributed by atoms with Gasteiger partial charge in [0, 0.05) is 48.9 Å². The fourth-order valence-corrected chi connectivity index (χ4v) is 4.78. The van der Waals surface area contributed by atoms with Gasteiger partial charge in [-0.05, 0) is 55.2 Å². The number of aromatic hydroxyl groups is 1. The zero-order valence-corrected chi connectivity index (χ0v) is 16.2. The third kappa shape index (κ3) is 4.46. The van der Waals surface area contributed by atoms with Crippen molar-refractivity contribution in [2.24, 2.45) is 0 Å². The number of phenols is 1. The summed E-state index contributed by atoms with van der Waals surface area (Å²) in [5.74, 6) is 0.543. The highest BCUT2D eigenvalue weighted by atomic mass is 32.2. The summed E-state index contributed by atoms with van der Waals surface area (Å²) in [6.07, 6.45) is 1.07. The Labute approximate surface area is 164 Å². The van der Waals surface area contributed by atoms with E-state index in [2.05, 4.69) is 14.1 Å². The van der Waals surface area contributed by atoms with E-state index in [0.29, 0.717) is 12.3 Å². The van der Waals surface area contributed by atoms with E-state index in [4.69, 9.17) is 0 Å². The molecule has 5 nitrogen and oxygen atoms in total. The number of hydrogen-bond acceptors (Lipinski definition) is 6. The third-order valence-corrected chi connectivity index (χ3v) is 6.33. The maximum Gasteiger partial charge on any atom is 0.178 e. The van der Waals surface area contributed by atoms with E-state index in [1.54, 1.807) is 24.1 Å². The minimum Gasteiger partial charge on any atom is -0.508 e. The number of fused-ring (bicyclic) bond motifs is 1. The zero-order chi connectivity index (χ0) is 18.6. The smallest absolute Gasteiger partial charge is 0.178 e. The van der Waals surface area contributed by atoms with Crippen LogP contribution in [0, 0.1) is 0 Å². The topological polar surface area (TPSA) is 47.0 Å². The van der Waals surface area contributed by atoms with E-state index in [0.717, 1.165) is 56.1 Å². The lowest BCUT2D eigenvalue weighted by Gasteiger charge is -2.36. The average Bonchev–Trinajstić information content (AvgIpc) is 2.69. The molecule has 1 N–H and O–H groups in total. The highest BCUT2D eigenvalue weighted by Crippen LogP contribution is 2.31. The highest BCUT2D eigenvalue weighted by molar-refractivity contribution is 7.97. The fraction of sp³-hybridized carbons (Fsp3) is 0.381. The molecule has 2 aromatic carbocycles. The van der Waals surface area contributed by atoms with Crippen LogP contribution < -0.4 is 4.90 Å². The minimum atomic E-state index is 0.229. The van der Waals surface area contributed by atoms with Gasteiger partial charge in [0.25, 0.3) is 0 Å². The molecule has 0 saturated carbocycles. The van der Waals surface area contributed by atoms with Crippen LogP contribution in [0.5, 0.6) is 5.75 Å². The van der Waals surface area contributed by atoms with Gasteiger partial charge in [-0.2, -0.15) is 0 Å². The van der Waals surface area contributed by atoms with Crippen LogP contribution in [0.25, 0.3) is 0 Å². The largest absolute Gasteiger partial charge is 0.508 e. The molecule has 0 unspecified atom stereocenters. The van der Waals surface area contributed by atoms with Crippen LogP contribution in [0.3, 0.4) is 0 Å². The van der Waals surface area contributed by atoms with Crippen molar-refractivity contribution in [2.45, 2.75) is 11.3 Å². The van der Waals surface area contributed by atoms with Gasteiger partial charge in [0.2, 0.25) is 0 Å². The summed E-state index contributed by atoms with van der Waals surface area (Å²) in [5, 5.41) is 9.42. The number of benzene rings is 2. The second-order valence-electron chi connectivity index (χ2n) is 7.07. The van der Waals surface area contributed by atoms with Crippen LogP contribution in [0.15, 0.2) is 53.4 Å². The molecule has 0 bridgehead atoms. The van der Waals surface area contributed by atoms with Gasteiger partial charge >= 0.3 is 0 Å². The van der Waals surface area contributed by atoms with E-state index < -0.39 is 0 Å². The van der Waals surface area contributed by atoms with Gasteiger partial charge in [0.1, 0.15) is 5.75 Å². The van der Waals surface area contributed by atoms with Crippen molar-refractivity contribution in [3.8, 4) is 5.75 Å². The van der Waals surface area contributed by atoms with Gasteiger partial charge < -0.3 is 10.0 Å². The Morgan fingerprint density at radius 3 is 2.44 bits per heavy atom. The molecule has 142 valence electrons. The molecule has 6 heteroatoms. The Morgan fingerprint density at radius 1 is 0.926 bits per heavy atom. The van der Waals surface area contributed by atoms with Crippen LogP contribution in [-0.2, 0) is 0 Å². The van der Waals surface area contributed by atoms with E-state index >= 15 is 0 Å². The first-order chi connectivity index (χ1) is 13.2. The molecule has 2 aliphatic heterocycles. The van der Waals surface area contributed by atoms with Crippen LogP contribution in [0.2, 0.25) is 0 Å². The predicted octanol–water partition coefficient (Wildman–Crippen LogP) is 3.11. The number of ketones is 1. The number of anilines is 1. The van der Waals surface area contributed by atoms with E-state index in [1.165, 1.54) is 5.69 Å². The lowest BCUT2D eigenvalue weighted by Crippen LogP contribution is -2.47. The summed E-state index contributed by atoms with van der Waals surface area (Å²) in [5.41, 5.74) is 2.04. The minimum absolute atomic E-state index is 0.229. The Kier molecular flexibility index (Phi) is 5.66. The van der Waals surface area contributed by atoms with Gasteiger partial charge in [-0.3, -0.25) is 9.69 Å². The average molecular weight is 384 g/mol. The number of rotatable bonds is 5. The van der Waals surface area contributed by atoms with Crippen LogP contribution in [-0.4, -0.2) is 65.9 Å². The standard InChI is InChI=1S/C21H25N3O2S/c25-18-8-6-17(7-9-18)23-14-12-22(13-15-23)10-3-11-24-16-20(26)19-4-1-2-5-21(19)27-24/h1-2,4-9,25H,3,10-16H2. The van der Waals surface area contributed by atoms with Crippen molar-refractivity contribution in [2.75, 3.05) is 50.7 Å². The van der Waals surface area contributed by atoms with Crippen molar-refractivity contribution in [3.05, 3.63) is 54.1 Å². The summed E-state index contributed by atoms with van der Waals surface area (Å²) >= 11 is 1.71. The van der Waals surface area contributed by atoms with Crippen molar-refractivity contribution in [1.29, 1.82) is 0 Å². The molecule has 1 fully saturated rings. The number of carbonyl (C=O) groups is 1. The fourth-order valence-electron chi connectivity index (χ4n) is 3.68. The monoisotopic (exact) mass is 383 g/mol. The van der Waals surface area contributed by atoms with Crippen molar-refractivity contribution < 1.29 is 9.90 Å². The lowest BCUT2D eigenvalue weighted by molar-refractivity contribution is 0.0961. The SMILES string of the molecule is O=C1CN(CCCN2CCN(c3ccc(O)cc3)CC2)Sc2ccccc21. The lowest BCUT2D eigenvalue weighted by atomic mass is 10.1. The Morgan fingerprint density at radius 2 is 1.67 bits per heavy atom. The van der Waals surface area contributed by atoms with Gasteiger partial charge in [0.05, 0.1) is 6.54 Å². The van der Waals surface area contributed by atoms with Crippen LogP contribution in [0.4, 0.5) is 5.69 Å². The molecule has 2 aliphatic rings. The number of carbonyl (C=O) groups excluding carboxylic acids is 1. The number of phenolic OH excluding ortho intramolecular Hbond substituents is 1. The first kappa shape index (κ1) is 18.3. The van der Waals surface area contributed by atoms with Crippen molar-refractivity contribution >= 4 is 23.4 Å². The molecule has 0 aromatic heterocycles. The summed E-state index contributed by atoms with van der Waals surface area (Å²) in [4.78, 5) is 18.2. The first-order valence-corrected chi connectivity index (χ1v) is 10.3. The molecule has 0 radical (unpaired) electrons. The van der Waals surface area contributed by atoms with Crippen molar-refractivity contribution in [1.82, 2.24) is 9.21 Å². The van der Waals surface area contributed by atoms with E-state index in [9.17, 15) is 9.90 Å². The molecule has 2 heterocycles. The number of piperazine rings is 1. The molecule has 0 aliphatic carbocycles. The summed E-state index contributed by atoms with van der Waals surface area (Å²) in [6.45, 7) is 6.63. The predicted molar refractivity (Wildman–Crippen MR) is 110 cm³/mol. The van der Waals surface area contributed by atoms with Crippen molar-refractivity contribution in [3.63, 3.8) is 0 Å². The summed E-state index contributed by atoms with van der Waals surface area (Å²) in [7, 11) is 0. The molecule has 0 spiro atoms. The molecule has 2 aromatic rings. The molecule has 0 atom stereocenters. The molecule has 27 heavy (non-hydrogen) atoms. The van der Waals surface area contributed by atoms with Crippen LogP contribution in [0.1, 0.15) is 16.8 Å². The Balaban J connectivity index is 1.21. The molecule has 0 amide bonds. The molecule has 4 rings (SSSR count). The molecular formula is C21H25N3O2S. The third-order valence-electron chi connectivity index (χ3n) is 5.20. The van der Waals surface area contributed by atoms with Gasteiger partial charge in [0.15, 0.2) is 5.78 Å². The summed E-state index contributed by atoms with van der Waals surface area (Å²) in [6, 6.07) is 15.3. The van der Waals surface area contributed by atoms with E-state index in [-0.39, 0.29) is 5.78 Å². The van der Waals surface area contributed by atoms with Gasteiger partial charge in [-0.25, -0.2) is 4.31 Å². The summed E-state index contributed by atoms with van der Waals surface area (Å²) < 4.78 is 2.19. The number of nitrogens with zero attached hydrogens (tertiary/aromatic N) is 3. The number of Topliss-reactive ketones (excluding diaryl/α,β-unsaturated/α-hetero) is 1. The zero-order valence-electron chi connectivity index (χ0n) is 15.4. The van der Waals surface area contributed by atoms with Gasteiger partial charge in [-0.1, -0.05) is 18.2 Å².